The van der Waals surface area contributed by atoms with Gasteiger partial charge in [-0.2, -0.15) is 0 Å². The fraction of sp³-hybridized carbons (Fsp3) is 0.714. The van der Waals surface area contributed by atoms with Crippen LogP contribution in [0, 0.1) is 0 Å². The first-order valence-electron chi connectivity index (χ1n) is 10.3. The first kappa shape index (κ1) is 29.2. The number of nitrogens with one attached hydrogen (secondary N) is 3. The SMILES string of the molecule is C[C@@H](/C=C/C(=O)O)NC(=O)[C@H](C[C@H](O)CCNC(=O)OC(C)(C)C)NC(=O)OC(C)(C)C. The molecule has 11 heteroatoms. The molecule has 0 saturated carbocycles. The maximum absolute atomic E-state index is 12.6. The second kappa shape index (κ2) is 12.9. The third-order valence-corrected chi connectivity index (χ3v) is 3.56. The molecule has 0 aliphatic heterocycles. The van der Waals surface area contributed by atoms with E-state index in [0.717, 1.165) is 6.08 Å². The summed E-state index contributed by atoms with van der Waals surface area (Å²) in [6, 6.07) is -1.78. The summed E-state index contributed by atoms with van der Waals surface area (Å²) in [4.78, 5) is 47.0. The van der Waals surface area contributed by atoms with Gasteiger partial charge in [-0.15, -0.1) is 0 Å². The van der Waals surface area contributed by atoms with Crippen molar-refractivity contribution in [3.05, 3.63) is 12.2 Å². The number of carbonyl (C=O) groups is 4. The van der Waals surface area contributed by atoms with Gasteiger partial charge in [-0.3, -0.25) is 4.79 Å². The molecule has 0 spiro atoms. The van der Waals surface area contributed by atoms with E-state index in [2.05, 4.69) is 16.0 Å². The Bertz CT molecular complexity index is 680. The van der Waals surface area contributed by atoms with E-state index >= 15 is 0 Å². The molecule has 0 saturated heterocycles. The smallest absolute Gasteiger partial charge is 0.408 e. The number of alkyl carbamates (subject to hydrolysis) is 2. The van der Waals surface area contributed by atoms with Crippen molar-refractivity contribution in [3.63, 3.8) is 0 Å². The molecule has 0 aromatic heterocycles. The predicted molar refractivity (Wildman–Crippen MR) is 117 cm³/mol. The number of aliphatic hydroxyl groups is 1. The molecule has 0 unspecified atom stereocenters. The maximum atomic E-state index is 12.6. The van der Waals surface area contributed by atoms with Crippen LogP contribution in [-0.2, 0) is 19.1 Å². The molecule has 0 aliphatic rings. The van der Waals surface area contributed by atoms with Gasteiger partial charge in [-0.1, -0.05) is 6.08 Å². The average Bonchev–Trinajstić information content (AvgIpc) is 2.56. The number of hydrogen-bond donors (Lipinski definition) is 5. The van der Waals surface area contributed by atoms with E-state index in [0.29, 0.717) is 0 Å². The fourth-order valence-corrected chi connectivity index (χ4v) is 2.33. The third-order valence-electron chi connectivity index (χ3n) is 3.56. The number of carboxylic acid groups (broad SMARTS) is 1. The number of carboxylic acids is 1. The Morgan fingerprint density at radius 3 is 1.97 bits per heavy atom. The molecule has 3 atom stereocenters. The lowest BCUT2D eigenvalue weighted by atomic mass is 10.1. The first-order chi connectivity index (χ1) is 14.5. The summed E-state index contributed by atoms with van der Waals surface area (Å²) in [6.45, 7) is 11.8. The Morgan fingerprint density at radius 1 is 0.938 bits per heavy atom. The molecule has 0 bridgehead atoms. The Kier molecular flexibility index (Phi) is 11.8. The van der Waals surface area contributed by atoms with Gasteiger partial charge in [0, 0.05) is 25.1 Å². The Morgan fingerprint density at radius 2 is 1.47 bits per heavy atom. The summed E-state index contributed by atoms with van der Waals surface area (Å²) in [5.74, 6) is -1.79. The number of rotatable bonds is 10. The van der Waals surface area contributed by atoms with Crippen molar-refractivity contribution >= 4 is 24.1 Å². The van der Waals surface area contributed by atoms with E-state index < -0.39 is 53.5 Å². The van der Waals surface area contributed by atoms with Crippen LogP contribution in [0.15, 0.2) is 12.2 Å². The van der Waals surface area contributed by atoms with Gasteiger partial charge in [-0.25, -0.2) is 14.4 Å². The minimum atomic E-state index is -1.16. The normalized spacial score (nSPS) is 14.8. The van der Waals surface area contributed by atoms with Crippen LogP contribution in [0.25, 0.3) is 0 Å². The maximum Gasteiger partial charge on any atom is 0.408 e. The first-order valence-corrected chi connectivity index (χ1v) is 10.3. The Balaban J connectivity index is 4.98. The van der Waals surface area contributed by atoms with Crippen LogP contribution in [0.3, 0.4) is 0 Å². The van der Waals surface area contributed by atoms with E-state index in [-0.39, 0.29) is 19.4 Å². The molecule has 0 rings (SSSR count). The van der Waals surface area contributed by atoms with Crippen molar-refractivity contribution in [2.45, 2.75) is 90.7 Å². The van der Waals surface area contributed by atoms with Crippen LogP contribution in [0.4, 0.5) is 9.59 Å². The average molecular weight is 460 g/mol. The number of aliphatic hydroxyl groups excluding tert-OH is 1. The minimum Gasteiger partial charge on any atom is -0.478 e. The molecule has 0 aliphatic carbocycles. The largest absolute Gasteiger partial charge is 0.478 e. The van der Waals surface area contributed by atoms with E-state index in [1.807, 2.05) is 0 Å². The number of carbonyl (C=O) groups excluding carboxylic acids is 3. The van der Waals surface area contributed by atoms with E-state index in [9.17, 15) is 24.3 Å². The lowest BCUT2D eigenvalue weighted by molar-refractivity contribution is -0.131. The number of amides is 3. The lowest BCUT2D eigenvalue weighted by Gasteiger charge is -2.25. The van der Waals surface area contributed by atoms with Crippen molar-refractivity contribution in [3.8, 4) is 0 Å². The molecular formula is C21H37N3O8. The molecule has 32 heavy (non-hydrogen) atoms. The standard InChI is InChI=1S/C21H37N3O8/c1-13(8-9-16(26)27)23-17(28)15(24-19(30)32-21(5,6)7)12-14(25)10-11-22-18(29)31-20(2,3)4/h8-9,13-15,25H,10-12H2,1-7H3,(H,22,29)(H,23,28)(H,24,30)(H,26,27)/b9-8+/t13-,14+,15-/m0/s1. The molecule has 0 radical (unpaired) electrons. The number of hydrogen-bond acceptors (Lipinski definition) is 7. The van der Waals surface area contributed by atoms with Crippen LogP contribution in [0.1, 0.15) is 61.3 Å². The van der Waals surface area contributed by atoms with Crippen molar-refractivity contribution < 1.29 is 38.9 Å². The summed E-state index contributed by atoms with van der Waals surface area (Å²) in [6.07, 6.45) is -0.412. The van der Waals surface area contributed by atoms with Crippen molar-refractivity contribution in [1.29, 1.82) is 0 Å². The van der Waals surface area contributed by atoms with Crippen molar-refractivity contribution in [2.24, 2.45) is 0 Å². The molecule has 0 fully saturated rings. The van der Waals surface area contributed by atoms with Gasteiger partial charge in [0.15, 0.2) is 0 Å². The summed E-state index contributed by atoms with van der Waals surface area (Å²) in [5, 5.41) is 26.5. The highest BCUT2D eigenvalue weighted by molar-refractivity contribution is 5.86. The number of aliphatic carboxylic acids is 1. The van der Waals surface area contributed by atoms with Crippen LogP contribution < -0.4 is 16.0 Å². The number of ether oxygens (including phenoxy) is 2. The molecule has 0 heterocycles. The van der Waals surface area contributed by atoms with Gasteiger partial charge < -0.3 is 35.6 Å². The topological polar surface area (TPSA) is 163 Å². The van der Waals surface area contributed by atoms with Crippen LogP contribution in [-0.4, -0.2) is 70.2 Å². The zero-order chi connectivity index (χ0) is 25.1. The van der Waals surface area contributed by atoms with Crippen LogP contribution >= 0.6 is 0 Å². The van der Waals surface area contributed by atoms with Crippen molar-refractivity contribution in [2.75, 3.05) is 6.54 Å². The summed E-state index contributed by atoms with van der Waals surface area (Å²) < 4.78 is 10.3. The highest BCUT2D eigenvalue weighted by Gasteiger charge is 2.27. The second-order valence-corrected chi connectivity index (χ2v) is 9.30. The fourth-order valence-electron chi connectivity index (χ4n) is 2.33. The van der Waals surface area contributed by atoms with Gasteiger partial charge in [0.05, 0.1) is 6.10 Å². The second-order valence-electron chi connectivity index (χ2n) is 9.30. The monoisotopic (exact) mass is 459 g/mol. The van der Waals surface area contributed by atoms with Crippen molar-refractivity contribution in [1.82, 2.24) is 16.0 Å². The lowest BCUT2D eigenvalue weighted by Crippen LogP contribution is -2.51. The van der Waals surface area contributed by atoms with Gasteiger partial charge in [0.2, 0.25) is 5.91 Å². The quantitative estimate of drug-likeness (QED) is 0.308. The molecule has 0 aromatic rings. The molecule has 5 N–H and O–H groups in total. The van der Waals surface area contributed by atoms with Crippen LogP contribution in [0.2, 0.25) is 0 Å². The molecular weight excluding hydrogens is 422 g/mol. The molecule has 0 aromatic carbocycles. The zero-order valence-electron chi connectivity index (χ0n) is 19.9. The minimum absolute atomic E-state index is 0.0919. The summed E-state index contributed by atoms with van der Waals surface area (Å²) in [5.41, 5.74) is -1.45. The highest BCUT2D eigenvalue weighted by atomic mass is 16.6. The van der Waals surface area contributed by atoms with E-state index in [4.69, 9.17) is 14.6 Å². The molecule has 3 amide bonds. The third kappa shape index (κ3) is 15.9. The summed E-state index contributed by atoms with van der Waals surface area (Å²) in [7, 11) is 0. The Hall–Kier alpha value is -2.82. The van der Waals surface area contributed by atoms with Gasteiger partial charge >= 0.3 is 18.2 Å². The molecule has 11 nitrogen and oxygen atoms in total. The Labute approximate surface area is 188 Å². The van der Waals surface area contributed by atoms with Gasteiger partial charge in [0.1, 0.15) is 17.2 Å². The van der Waals surface area contributed by atoms with Gasteiger partial charge in [0.25, 0.3) is 0 Å². The van der Waals surface area contributed by atoms with Crippen LogP contribution in [0.5, 0.6) is 0 Å². The molecule has 184 valence electrons. The predicted octanol–water partition coefficient (Wildman–Crippen LogP) is 1.69. The van der Waals surface area contributed by atoms with E-state index in [1.54, 1.807) is 48.5 Å². The van der Waals surface area contributed by atoms with Gasteiger partial charge in [-0.05, 0) is 54.9 Å². The van der Waals surface area contributed by atoms with E-state index in [1.165, 1.54) is 6.08 Å². The highest BCUT2D eigenvalue weighted by Crippen LogP contribution is 2.10. The zero-order valence-corrected chi connectivity index (χ0v) is 19.9. The summed E-state index contributed by atoms with van der Waals surface area (Å²) >= 11 is 0.